The first-order valence-electron chi connectivity index (χ1n) is 4.63. The third-order valence-electron chi connectivity index (χ3n) is 2.20. The minimum absolute atomic E-state index is 0.165. The molecular weight excluding hydrogens is 228 g/mol. The largest absolute Gasteiger partial charge is 0.497 e. The van der Waals surface area contributed by atoms with Crippen molar-refractivity contribution in [3.05, 3.63) is 52.9 Å². The van der Waals surface area contributed by atoms with Crippen LogP contribution in [0.1, 0.15) is 15.9 Å². The number of benzene rings is 1. The summed E-state index contributed by atoms with van der Waals surface area (Å²) < 4.78 is 9.86. The van der Waals surface area contributed by atoms with E-state index in [-0.39, 0.29) is 5.78 Å². The van der Waals surface area contributed by atoms with Gasteiger partial charge in [0.25, 0.3) is 0 Å². The zero-order valence-electron chi connectivity index (χ0n) is 8.57. The Hall–Kier alpha value is -1.74. The summed E-state index contributed by atoms with van der Waals surface area (Å²) >= 11 is 5.99. The lowest BCUT2D eigenvalue weighted by Gasteiger charge is -2.04. The molecule has 0 atom stereocenters. The van der Waals surface area contributed by atoms with Crippen molar-refractivity contribution in [2.45, 2.75) is 0 Å². The quantitative estimate of drug-likeness (QED) is 0.769. The van der Waals surface area contributed by atoms with Gasteiger partial charge in [-0.2, -0.15) is 0 Å². The molecule has 1 aromatic heterocycles. The molecule has 2 aromatic rings. The lowest BCUT2D eigenvalue weighted by molar-refractivity contribution is 0.103. The van der Waals surface area contributed by atoms with Crippen LogP contribution >= 0.6 is 11.6 Å². The van der Waals surface area contributed by atoms with E-state index in [1.165, 1.54) is 12.5 Å². The van der Waals surface area contributed by atoms with E-state index in [1.54, 1.807) is 31.4 Å². The van der Waals surface area contributed by atoms with Crippen LogP contribution in [0.2, 0.25) is 5.02 Å². The van der Waals surface area contributed by atoms with Crippen molar-refractivity contribution in [1.29, 1.82) is 0 Å². The highest BCUT2D eigenvalue weighted by molar-refractivity contribution is 6.35. The summed E-state index contributed by atoms with van der Waals surface area (Å²) in [4.78, 5) is 11.9. The Labute approximate surface area is 97.6 Å². The lowest BCUT2D eigenvalue weighted by atomic mass is 10.1. The predicted molar refractivity (Wildman–Crippen MR) is 60.1 cm³/mol. The van der Waals surface area contributed by atoms with E-state index in [9.17, 15) is 4.79 Å². The number of hydrogen-bond donors (Lipinski definition) is 0. The standard InChI is InChI=1S/C12H9ClO3/c1-15-9-2-3-10(11(13)6-9)12(14)8-4-5-16-7-8/h2-7H,1H3. The first-order chi connectivity index (χ1) is 7.72. The number of ether oxygens (including phenoxy) is 1. The molecule has 0 bridgehead atoms. The van der Waals surface area contributed by atoms with Gasteiger partial charge in [-0.25, -0.2) is 0 Å². The number of ketones is 1. The van der Waals surface area contributed by atoms with Crippen molar-refractivity contribution >= 4 is 17.4 Å². The van der Waals surface area contributed by atoms with Gasteiger partial charge in [0.2, 0.25) is 0 Å². The molecule has 82 valence electrons. The van der Waals surface area contributed by atoms with Gasteiger partial charge in [0.15, 0.2) is 5.78 Å². The summed E-state index contributed by atoms with van der Waals surface area (Å²) in [5, 5.41) is 0.366. The van der Waals surface area contributed by atoms with E-state index in [2.05, 4.69) is 0 Å². The van der Waals surface area contributed by atoms with Gasteiger partial charge in [-0.3, -0.25) is 4.79 Å². The van der Waals surface area contributed by atoms with E-state index in [4.69, 9.17) is 20.8 Å². The van der Waals surface area contributed by atoms with Gasteiger partial charge in [-0.1, -0.05) is 11.6 Å². The Morgan fingerprint density at radius 1 is 1.38 bits per heavy atom. The van der Waals surface area contributed by atoms with Crippen molar-refractivity contribution in [3.63, 3.8) is 0 Å². The summed E-state index contributed by atoms with van der Waals surface area (Å²) in [7, 11) is 1.54. The second-order valence-corrected chi connectivity index (χ2v) is 3.59. The van der Waals surface area contributed by atoms with E-state index >= 15 is 0 Å². The van der Waals surface area contributed by atoms with E-state index in [1.807, 2.05) is 0 Å². The van der Waals surface area contributed by atoms with Gasteiger partial charge in [0.05, 0.1) is 24.0 Å². The molecule has 2 rings (SSSR count). The number of halogens is 1. The Morgan fingerprint density at radius 3 is 2.75 bits per heavy atom. The van der Waals surface area contributed by atoms with E-state index in [0.29, 0.717) is 21.9 Å². The topological polar surface area (TPSA) is 39.4 Å². The predicted octanol–water partition coefficient (Wildman–Crippen LogP) is 3.17. The monoisotopic (exact) mass is 236 g/mol. The van der Waals surface area contributed by atoms with Crippen molar-refractivity contribution in [3.8, 4) is 5.75 Å². The van der Waals surface area contributed by atoms with Crippen LogP contribution in [0.25, 0.3) is 0 Å². The molecule has 0 saturated heterocycles. The maximum absolute atomic E-state index is 11.9. The number of furan rings is 1. The van der Waals surface area contributed by atoms with E-state index < -0.39 is 0 Å². The fraction of sp³-hybridized carbons (Fsp3) is 0.0833. The molecule has 0 aliphatic rings. The molecule has 1 aromatic carbocycles. The average Bonchev–Trinajstić information content (AvgIpc) is 2.81. The van der Waals surface area contributed by atoms with Gasteiger partial charge in [0.1, 0.15) is 12.0 Å². The molecule has 0 unspecified atom stereocenters. The smallest absolute Gasteiger partial charge is 0.197 e. The van der Waals surface area contributed by atoms with Crippen LogP contribution < -0.4 is 4.74 Å². The van der Waals surface area contributed by atoms with Crippen molar-refractivity contribution < 1.29 is 13.9 Å². The van der Waals surface area contributed by atoms with Gasteiger partial charge in [-0.05, 0) is 24.3 Å². The minimum Gasteiger partial charge on any atom is -0.497 e. The van der Waals surface area contributed by atoms with Crippen LogP contribution in [0.15, 0.2) is 41.2 Å². The van der Waals surface area contributed by atoms with Crippen LogP contribution in [-0.2, 0) is 0 Å². The highest BCUT2D eigenvalue weighted by atomic mass is 35.5. The second-order valence-electron chi connectivity index (χ2n) is 3.19. The zero-order chi connectivity index (χ0) is 11.5. The molecule has 0 aliphatic carbocycles. The first-order valence-corrected chi connectivity index (χ1v) is 5.00. The number of hydrogen-bond acceptors (Lipinski definition) is 3. The average molecular weight is 237 g/mol. The van der Waals surface area contributed by atoms with E-state index in [0.717, 1.165) is 0 Å². The van der Waals surface area contributed by atoms with Gasteiger partial charge in [-0.15, -0.1) is 0 Å². The van der Waals surface area contributed by atoms with Crippen molar-refractivity contribution in [2.75, 3.05) is 7.11 Å². The number of carbonyl (C=O) groups excluding carboxylic acids is 1. The minimum atomic E-state index is -0.165. The van der Waals surface area contributed by atoms with Crippen LogP contribution in [0.3, 0.4) is 0 Å². The number of rotatable bonds is 3. The third kappa shape index (κ3) is 1.95. The highest BCUT2D eigenvalue weighted by Gasteiger charge is 2.14. The summed E-state index contributed by atoms with van der Waals surface area (Å²) in [5.41, 5.74) is 0.913. The Kier molecular flexibility index (Phi) is 2.97. The normalized spacial score (nSPS) is 10.1. The molecular formula is C12H9ClO3. The van der Waals surface area contributed by atoms with Crippen LogP contribution in [0.5, 0.6) is 5.75 Å². The Balaban J connectivity index is 2.38. The molecule has 1 heterocycles. The zero-order valence-corrected chi connectivity index (χ0v) is 9.32. The fourth-order valence-corrected chi connectivity index (χ4v) is 1.61. The maximum Gasteiger partial charge on any atom is 0.197 e. The first kappa shape index (κ1) is 10.8. The summed E-state index contributed by atoms with van der Waals surface area (Å²) in [6.45, 7) is 0. The summed E-state index contributed by atoms with van der Waals surface area (Å²) in [6.07, 6.45) is 2.84. The van der Waals surface area contributed by atoms with Crippen LogP contribution in [0, 0.1) is 0 Å². The maximum atomic E-state index is 11.9. The lowest BCUT2D eigenvalue weighted by Crippen LogP contribution is -2.00. The molecule has 0 amide bonds. The fourth-order valence-electron chi connectivity index (χ4n) is 1.36. The second kappa shape index (κ2) is 4.41. The molecule has 3 nitrogen and oxygen atoms in total. The highest BCUT2D eigenvalue weighted by Crippen LogP contribution is 2.24. The molecule has 0 N–H and O–H groups in total. The van der Waals surface area contributed by atoms with Crippen molar-refractivity contribution in [1.82, 2.24) is 0 Å². The Morgan fingerprint density at radius 2 is 2.19 bits per heavy atom. The Bertz CT molecular complexity index is 503. The van der Waals surface area contributed by atoms with Gasteiger partial charge >= 0.3 is 0 Å². The number of methoxy groups -OCH3 is 1. The SMILES string of the molecule is COc1ccc(C(=O)c2ccoc2)c(Cl)c1. The van der Waals surface area contributed by atoms with Gasteiger partial charge < -0.3 is 9.15 Å². The molecule has 0 spiro atoms. The van der Waals surface area contributed by atoms with Gasteiger partial charge in [0, 0.05) is 5.56 Å². The third-order valence-corrected chi connectivity index (χ3v) is 2.52. The van der Waals surface area contributed by atoms with Crippen molar-refractivity contribution in [2.24, 2.45) is 0 Å². The summed E-state index contributed by atoms with van der Waals surface area (Å²) in [5.74, 6) is 0.454. The molecule has 0 fully saturated rings. The molecule has 4 heteroatoms. The van der Waals surface area contributed by atoms with Crippen LogP contribution in [0.4, 0.5) is 0 Å². The molecule has 0 radical (unpaired) electrons. The molecule has 0 aliphatic heterocycles. The van der Waals surface area contributed by atoms with Crippen LogP contribution in [-0.4, -0.2) is 12.9 Å². The molecule has 16 heavy (non-hydrogen) atoms. The number of carbonyl (C=O) groups is 1. The molecule has 0 saturated carbocycles. The summed E-state index contributed by atoms with van der Waals surface area (Å²) in [6, 6.07) is 6.54.